The number of benzene rings is 1. The van der Waals surface area contributed by atoms with Gasteiger partial charge in [0.2, 0.25) is 5.88 Å². The fourth-order valence-corrected chi connectivity index (χ4v) is 4.37. The molecule has 0 bridgehead atoms. The van der Waals surface area contributed by atoms with Gasteiger partial charge in [0.05, 0.1) is 28.1 Å². The molecule has 0 atom stereocenters. The number of carbonyl (C=O) groups is 1. The van der Waals surface area contributed by atoms with Gasteiger partial charge in [-0.05, 0) is 38.1 Å². The summed E-state index contributed by atoms with van der Waals surface area (Å²) in [6, 6.07) is 14.8. The molecule has 0 radical (unpaired) electrons. The SMILES string of the molecule is Cc1nc(Oc2ccccc2)ccc1N1C(=O)Nc2c(C)sc3nccc1c23. The first-order valence-electron chi connectivity index (χ1n) is 8.81. The maximum Gasteiger partial charge on any atom is 0.331 e. The van der Waals surface area contributed by atoms with Crippen molar-refractivity contribution in [2.75, 3.05) is 10.2 Å². The minimum atomic E-state index is -0.205. The van der Waals surface area contributed by atoms with Crippen molar-refractivity contribution < 1.29 is 9.53 Å². The highest BCUT2D eigenvalue weighted by Gasteiger charge is 2.30. The molecule has 4 aromatic rings. The molecule has 7 heteroatoms. The number of hydrogen-bond acceptors (Lipinski definition) is 5. The van der Waals surface area contributed by atoms with Gasteiger partial charge >= 0.3 is 6.03 Å². The molecule has 0 fully saturated rings. The van der Waals surface area contributed by atoms with E-state index in [-0.39, 0.29) is 6.03 Å². The Morgan fingerprint density at radius 1 is 1.04 bits per heavy atom. The van der Waals surface area contributed by atoms with Crippen molar-refractivity contribution in [2.45, 2.75) is 13.8 Å². The summed E-state index contributed by atoms with van der Waals surface area (Å²) in [6.45, 7) is 3.86. The number of para-hydroxylation sites is 1. The lowest BCUT2D eigenvalue weighted by molar-refractivity contribution is 0.258. The second kappa shape index (κ2) is 6.31. The van der Waals surface area contributed by atoms with Crippen LogP contribution in [-0.2, 0) is 0 Å². The third-order valence-electron chi connectivity index (χ3n) is 4.66. The Balaban J connectivity index is 1.57. The summed E-state index contributed by atoms with van der Waals surface area (Å²) in [6.07, 6.45) is 1.73. The van der Waals surface area contributed by atoms with Gasteiger partial charge in [0.1, 0.15) is 10.6 Å². The van der Waals surface area contributed by atoms with Gasteiger partial charge in [-0.2, -0.15) is 0 Å². The molecule has 0 aliphatic carbocycles. The van der Waals surface area contributed by atoms with Crippen molar-refractivity contribution in [3.63, 3.8) is 0 Å². The molecule has 1 aliphatic heterocycles. The highest BCUT2D eigenvalue weighted by molar-refractivity contribution is 7.19. The van der Waals surface area contributed by atoms with Crippen LogP contribution in [0, 0.1) is 13.8 Å². The van der Waals surface area contributed by atoms with E-state index in [1.54, 1.807) is 28.5 Å². The molecule has 28 heavy (non-hydrogen) atoms. The molecule has 5 rings (SSSR count). The van der Waals surface area contributed by atoms with Gasteiger partial charge < -0.3 is 10.1 Å². The van der Waals surface area contributed by atoms with Crippen molar-refractivity contribution in [2.24, 2.45) is 0 Å². The summed E-state index contributed by atoms with van der Waals surface area (Å²) >= 11 is 1.58. The third kappa shape index (κ3) is 2.59. The summed E-state index contributed by atoms with van der Waals surface area (Å²) in [5, 5.41) is 3.97. The van der Waals surface area contributed by atoms with Gasteiger partial charge in [0.25, 0.3) is 0 Å². The van der Waals surface area contributed by atoms with Crippen LogP contribution in [0.3, 0.4) is 0 Å². The van der Waals surface area contributed by atoms with Crippen molar-refractivity contribution in [1.82, 2.24) is 9.97 Å². The zero-order valence-electron chi connectivity index (χ0n) is 15.3. The van der Waals surface area contributed by atoms with Crippen LogP contribution >= 0.6 is 11.3 Å². The Hall–Kier alpha value is -3.45. The monoisotopic (exact) mass is 388 g/mol. The first kappa shape index (κ1) is 16.7. The van der Waals surface area contributed by atoms with E-state index in [0.29, 0.717) is 23.0 Å². The van der Waals surface area contributed by atoms with Crippen LogP contribution < -0.4 is 15.0 Å². The van der Waals surface area contributed by atoms with E-state index in [9.17, 15) is 4.79 Å². The standard InChI is InChI=1S/C21H16N4O2S/c1-12-15(8-9-17(23-12)27-14-6-4-3-5-7-14)25-16-10-11-22-20-18(16)19(13(2)28-20)24-21(25)26/h3-11H,1-2H3,(H,24,26). The largest absolute Gasteiger partial charge is 0.439 e. The van der Waals surface area contributed by atoms with Crippen molar-refractivity contribution in [3.8, 4) is 11.6 Å². The van der Waals surface area contributed by atoms with E-state index in [0.717, 1.165) is 26.5 Å². The van der Waals surface area contributed by atoms with Crippen LogP contribution in [0.15, 0.2) is 54.7 Å². The highest BCUT2D eigenvalue weighted by Crippen LogP contribution is 2.45. The molecule has 0 unspecified atom stereocenters. The van der Waals surface area contributed by atoms with Gasteiger partial charge in [-0.15, -0.1) is 11.3 Å². The number of nitrogens with one attached hydrogen (secondary N) is 1. The molecular weight excluding hydrogens is 372 g/mol. The van der Waals surface area contributed by atoms with E-state index < -0.39 is 0 Å². The predicted octanol–water partition coefficient (Wildman–Crippen LogP) is 5.78. The molecule has 1 aromatic carbocycles. The molecule has 138 valence electrons. The quantitative estimate of drug-likeness (QED) is 0.483. The number of amides is 2. The Labute approximate surface area is 165 Å². The second-order valence-corrected chi connectivity index (χ2v) is 7.68. The Morgan fingerprint density at radius 2 is 1.86 bits per heavy atom. The molecule has 4 heterocycles. The van der Waals surface area contributed by atoms with Gasteiger partial charge in [0, 0.05) is 17.1 Å². The van der Waals surface area contributed by atoms with Crippen LogP contribution in [0.2, 0.25) is 0 Å². The number of anilines is 3. The number of hydrogen-bond donors (Lipinski definition) is 1. The first-order valence-corrected chi connectivity index (χ1v) is 9.63. The van der Waals surface area contributed by atoms with Crippen molar-refractivity contribution in [1.29, 1.82) is 0 Å². The van der Waals surface area contributed by atoms with E-state index >= 15 is 0 Å². The zero-order valence-corrected chi connectivity index (χ0v) is 16.1. The Bertz CT molecular complexity index is 1220. The van der Waals surface area contributed by atoms with Gasteiger partial charge in [0.15, 0.2) is 0 Å². The summed E-state index contributed by atoms with van der Waals surface area (Å²) < 4.78 is 5.81. The van der Waals surface area contributed by atoms with Crippen molar-refractivity contribution >= 4 is 44.6 Å². The summed E-state index contributed by atoms with van der Waals surface area (Å²) in [5.74, 6) is 1.20. The van der Waals surface area contributed by atoms with Gasteiger partial charge in [-0.1, -0.05) is 18.2 Å². The predicted molar refractivity (Wildman–Crippen MR) is 111 cm³/mol. The first-order chi connectivity index (χ1) is 13.6. The lowest BCUT2D eigenvalue weighted by atomic mass is 10.1. The van der Waals surface area contributed by atoms with Crippen LogP contribution in [0.4, 0.5) is 21.9 Å². The van der Waals surface area contributed by atoms with E-state index in [4.69, 9.17) is 4.74 Å². The van der Waals surface area contributed by atoms with Crippen molar-refractivity contribution in [3.05, 3.63) is 65.3 Å². The fourth-order valence-electron chi connectivity index (χ4n) is 3.40. The molecule has 6 nitrogen and oxygen atoms in total. The maximum absolute atomic E-state index is 12.9. The molecule has 3 aromatic heterocycles. The van der Waals surface area contributed by atoms with Crippen LogP contribution in [0.25, 0.3) is 10.2 Å². The number of pyridine rings is 2. The van der Waals surface area contributed by atoms with Crippen LogP contribution in [0.5, 0.6) is 11.6 Å². The van der Waals surface area contributed by atoms with Crippen LogP contribution in [0.1, 0.15) is 10.6 Å². The Kier molecular flexibility index (Phi) is 3.77. The van der Waals surface area contributed by atoms with E-state index in [2.05, 4.69) is 15.3 Å². The number of aryl methyl sites for hydroxylation is 2. The number of rotatable bonds is 3. The molecule has 1 aliphatic rings. The molecular formula is C21H16N4O2S. The number of thiophene rings is 1. The van der Waals surface area contributed by atoms with Crippen LogP contribution in [-0.4, -0.2) is 16.0 Å². The zero-order chi connectivity index (χ0) is 19.3. The summed E-state index contributed by atoms with van der Waals surface area (Å²) in [7, 11) is 0. The number of ether oxygens (including phenoxy) is 1. The minimum absolute atomic E-state index is 0.205. The molecule has 2 amide bonds. The summed E-state index contributed by atoms with van der Waals surface area (Å²) in [4.78, 5) is 25.5. The molecule has 1 N–H and O–H groups in total. The topological polar surface area (TPSA) is 67.3 Å². The van der Waals surface area contributed by atoms with E-state index in [1.165, 1.54) is 0 Å². The molecule has 0 saturated carbocycles. The number of carbonyl (C=O) groups excluding carboxylic acids is 1. The number of urea groups is 1. The average molecular weight is 388 g/mol. The number of aromatic nitrogens is 2. The van der Waals surface area contributed by atoms with Gasteiger partial charge in [-0.3, -0.25) is 4.90 Å². The fraction of sp³-hybridized carbons (Fsp3) is 0.0952. The molecule has 0 spiro atoms. The molecule has 0 saturated heterocycles. The smallest absolute Gasteiger partial charge is 0.331 e. The lowest BCUT2D eigenvalue weighted by Gasteiger charge is -2.29. The normalized spacial score (nSPS) is 12.9. The maximum atomic E-state index is 12.9. The third-order valence-corrected chi connectivity index (χ3v) is 5.67. The van der Waals surface area contributed by atoms with E-state index in [1.807, 2.05) is 56.3 Å². The summed E-state index contributed by atoms with van der Waals surface area (Å²) in [5.41, 5.74) is 3.07. The second-order valence-electron chi connectivity index (χ2n) is 6.48. The highest BCUT2D eigenvalue weighted by atomic mass is 32.1. The Morgan fingerprint density at radius 3 is 2.64 bits per heavy atom. The lowest BCUT2D eigenvalue weighted by Crippen LogP contribution is -2.34. The number of nitrogens with zero attached hydrogens (tertiary/aromatic N) is 3. The average Bonchev–Trinajstić information content (AvgIpc) is 3.00. The minimum Gasteiger partial charge on any atom is -0.439 e. The van der Waals surface area contributed by atoms with Gasteiger partial charge in [-0.25, -0.2) is 14.8 Å².